The van der Waals surface area contributed by atoms with Crippen LogP contribution in [0.2, 0.25) is 0 Å². The summed E-state index contributed by atoms with van der Waals surface area (Å²) in [4.78, 5) is 15.8. The number of allylic oxidation sites excluding steroid dienone is 2. The Bertz CT molecular complexity index is 629. The van der Waals surface area contributed by atoms with Crippen molar-refractivity contribution in [2.75, 3.05) is 0 Å². The zero-order valence-corrected chi connectivity index (χ0v) is 10.3. The van der Waals surface area contributed by atoms with Crippen molar-refractivity contribution in [1.82, 2.24) is 0 Å². The van der Waals surface area contributed by atoms with Crippen molar-refractivity contribution in [2.24, 2.45) is 10.7 Å². The third kappa shape index (κ3) is 2.00. The maximum Gasteiger partial charge on any atom is 0.246 e. The van der Waals surface area contributed by atoms with Crippen LogP contribution in [-0.2, 0) is 4.79 Å². The summed E-state index contributed by atoms with van der Waals surface area (Å²) in [6, 6.07) is 6.93. The average Bonchev–Trinajstić information content (AvgIpc) is 2.56. The van der Waals surface area contributed by atoms with Crippen molar-refractivity contribution in [3.05, 3.63) is 53.1 Å². The van der Waals surface area contributed by atoms with Crippen molar-refractivity contribution >= 4 is 17.7 Å². The Morgan fingerprint density at radius 1 is 1.37 bits per heavy atom. The molecule has 19 heavy (non-hydrogen) atoms. The molecule has 4 heteroatoms. The highest BCUT2D eigenvalue weighted by Crippen LogP contribution is 2.36. The van der Waals surface area contributed by atoms with E-state index in [9.17, 15) is 9.90 Å². The predicted octanol–water partition coefficient (Wildman–Crippen LogP) is 1.37. The molecule has 1 aliphatic carbocycles. The molecular weight excluding hydrogens is 240 g/mol. The fourth-order valence-corrected chi connectivity index (χ4v) is 2.57. The number of fused-ring (bicyclic) bond motifs is 2. The molecule has 0 aromatic heterocycles. The number of benzene rings is 1. The molecule has 0 spiro atoms. The predicted molar refractivity (Wildman–Crippen MR) is 73.6 cm³/mol. The summed E-state index contributed by atoms with van der Waals surface area (Å²) in [5, 5.41) is 9.78. The SMILES string of the molecule is NC(=O)C1N=CC2=C(C[C@H](O)C=C2)c2ccccc21. The first-order valence-corrected chi connectivity index (χ1v) is 6.18. The van der Waals surface area contributed by atoms with Crippen molar-refractivity contribution in [1.29, 1.82) is 0 Å². The number of aliphatic hydroxyl groups excluding tert-OH is 1. The third-order valence-corrected chi connectivity index (χ3v) is 3.47. The maximum absolute atomic E-state index is 11.6. The van der Waals surface area contributed by atoms with E-state index in [0.717, 1.165) is 22.3 Å². The van der Waals surface area contributed by atoms with E-state index in [2.05, 4.69) is 4.99 Å². The second-order valence-electron chi connectivity index (χ2n) is 4.73. The Kier molecular flexibility index (Phi) is 2.80. The Morgan fingerprint density at radius 3 is 2.95 bits per heavy atom. The lowest BCUT2D eigenvalue weighted by molar-refractivity contribution is -0.119. The Hall–Kier alpha value is -2.20. The minimum atomic E-state index is -0.660. The molecule has 1 unspecified atom stereocenters. The number of aliphatic hydroxyl groups is 1. The lowest BCUT2D eigenvalue weighted by Gasteiger charge is -2.19. The van der Waals surface area contributed by atoms with E-state index in [4.69, 9.17) is 5.73 Å². The van der Waals surface area contributed by atoms with Crippen LogP contribution in [0.4, 0.5) is 0 Å². The summed E-state index contributed by atoms with van der Waals surface area (Å²) in [6.07, 6.45) is 5.28. The molecule has 2 atom stereocenters. The Balaban J connectivity index is 2.21. The molecule has 1 aliphatic heterocycles. The number of amides is 1. The fourth-order valence-electron chi connectivity index (χ4n) is 2.57. The quantitative estimate of drug-likeness (QED) is 0.794. The van der Waals surface area contributed by atoms with E-state index in [1.807, 2.05) is 30.3 Å². The maximum atomic E-state index is 11.6. The van der Waals surface area contributed by atoms with Crippen LogP contribution in [0.3, 0.4) is 0 Å². The number of nitrogens with zero attached hydrogens (tertiary/aromatic N) is 1. The van der Waals surface area contributed by atoms with Gasteiger partial charge in [-0.2, -0.15) is 0 Å². The van der Waals surface area contributed by atoms with E-state index in [-0.39, 0.29) is 0 Å². The first-order valence-electron chi connectivity index (χ1n) is 6.18. The molecule has 0 radical (unpaired) electrons. The number of hydrogen-bond donors (Lipinski definition) is 2. The standard InChI is InChI=1S/C15H14N2O2/c16-15(19)14-12-4-2-1-3-11(12)13-7-10(18)6-5-9(13)8-17-14/h1-6,8,10,14,18H,7H2,(H2,16,19)/t10-,14?/m1/s1. The molecule has 1 aromatic rings. The van der Waals surface area contributed by atoms with E-state index < -0.39 is 18.1 Å². The van der Waals surface area contributed by atoms with Gasteiger partial charge in [-0.1, -0.05) is 36.4 Å². The minimum Gasteiger partial charge on any atom is -0.389 e. The van der Waals surface area contributed by atoms with Gasteiger partial charge in [0.1, 0.15) is 0 Å². The second kappa shape index (κ2) is 4.48. The molecule has 3 N–H and O–H groups in total. The lowest BCUT2D eigenvalue weighted by Crippen LogP contribution is -2.20. The van der Waals surface area contributed by atoms with Gasteiger partial charge in [-0.3, -0.25) is 9.79 Å². The molecule has 0 saturated carbocycles. The molecule has 2 aliphatic rings. The van der Waals surface area contributed by atoms with Crippen molar-refractivity contribution in [3.63, 3.8) is 0 Å². The van der Waals surface area contributed by atoms with Gasteiger partial charge < -0.3 is 10.8 Å². The van der Waals surface area contributed by atoms with Crippen LogP contribution in [0.1, 0.15) is 23.6 Å². The van der Waals surface area contributed by atoms with Gasteiger partial charge in [0.2, 0.25) is 5.91 Å². The van der Waals surface area contributed by atoms with Crippen molar-refractivity contribution in [3.8, 4) is 0 Å². The number of aliphatic imine (C=N–C) groups is 1. The molecule has 3 rings (SSSR count). The molecule has 0 fully saturated rings. The molecule has 1 aromatic carbocycles. The smallest absolute Gasteiger partial charge is 0.246 e. The molecule has 1 amide bonds. The van der Waals surface area contributed by atoms with Crippen molar-refractivity contribution < 1.29 is 9.90 Å². The average molecular weight is 254 g/mol. The number of rotatable bonds is 1. The zero-order chi connectivity index (χ0) is 13.4. The second-order valence-corrected chi connectivity index (χ2v) is 4.73. The summed E-state index contributed by atoms with van der Waals surface area (Å²) in [7, 11) is 0. The van der Waals surface area contributed by atoms with Crippen molar-refractivity contribution in [2.45, 2.75) is 18.6 Å². The van der Waals surface area contributed by atoms with Crippen LogP contribution in [0, 0.1) is 0 Å². The van der Waals surface area contributed by atoms with Crippen LogP contribution >= 0.6 is 0 Å². The number of hydrogen-bond acceptors (Lipinski definition) is 3. The highest BCUT2D eigenvalue weighted by atomic mass is 16.3. The van der Waals surface area contributed by atoms with E-state index in [1.165, 1.54) is 0 Å². The van der Waals surface area contributed by atoms with Gasteiger partial charge in [0.05, 0.1) is 6.10 Å². The Labute approximate surface area is 111 Å². The summed E-state index contributed by atoms with van der Waals surface area (Å²) in [6.45, 7) is 0. The largest absolute Gasteiger partial charge is 0.389 e. The summed E-state index contributed by atoms with van der Waals surface area (Å²) in [5.74, 6) is -0.465. The molecule has 96 valence electrons. The van der Waals surface area contributed by atoms with Gasteiger partial charge in [0, 0.05) is 12.6 Å². The van der Waals surface area contributed by atoms with Crippen LogP contribution < -0.4 is 5.73 Å². The van der Waals surface area contributed by atoms with Crippen LogP contribution in [0.15, 0.2) is 47.0 Å². The topological polar surface area (TPSA) is 75.7 Å². The number of carbonyl (C=O) groups excluding carboxylic acids is 1. The molecular formula is C15H14N2O2. The molecule has 1 heterocycles. The van der Waals surface area contributed by atoms with Gasteiger partial charge >= 0.3 is 0 Å². The van der Waals surface area contributed by atoms with Gasteiger partial charge in [0.15, 0.2) is 6.04 Å². The van der Waals surface area contributed by atoms with E-state index in [0.29, 0.717) is 6.42 Å². The van der Waals surface area contributed by atoms with Gasteiger partial charge in [-0.05, 0) is 22.3 Å². The fraction of sp³-hybridized carbons (Fsp3) is 0.200. The normalized spacial score (nSPS) is 24.7. The molecule has 4 nitrogen and oxygen atoms in total. The van der Waals surface area contributed by atoms with Crippen LogP contribution in [0.5, 0.6) is 0 Å². The van der Waals surface area contributed by atoms with Gasteiger partial charge in [0.25, 0.3) is 0 Å². The third-order valence-electron chi connectivity index (χ3n) is 3.47. The summed E-state index contributed by atoms with van der Waals surface area (Å²) in [5.41, 5.74) is 9.12. The van der Waals surface area contributed by atoms with Crippen LogP contribution in [-0.4, -0.2) is 23.3 Å². The van der Waals surface area contributed by atoms with E-state index >= 15 is 0 Å². The first kappa shape index (κ1) is 11.9. The molecule has 0 saturated heterocycles. The highest BCUT2D eigenvalue weighted by molar-refractivity contribution is 5.99. The highest BCUT2D eigenvalue weighted by Gasteiger charge is 2.26. The monoisotopic (exact) mass is 254 g/mol. The number of primary amides is 1. The summed E-state index contributed by atoms with van der Waals surface area (Å²) >= 11 is 0. The minimum absolute atomic E-state index is 0.465. The van der Waals surface area contributed by atoms with Gasteiger partial charge in [-0.15, -0.1) is 0 Å². The Morgan fingerprint density at radius 2 is 2.16 bits per heavy atom. The van der Waals surface area contributed by atoms with Gasteiger partial charge in [-0.25, -0.2) is 0 Å². The number of nitrogens with two attached hydrogens (primary N) is 1. The summed E-state index contributed by atoms with van der Waals surface area (Å²) < 4.78 is 0. The zero-order valence-electron chi connectivity index (χ0n) is 10.3. The molecule has 0 bridgehead atoms. The van der Waals surface area contributed by atoms with E-state index in [1.54, 1.807) is 12.3 Å². The first-order chi connectivity index (χ1) is 9.16. The lowest BCUT2D eigenvalue weighted by atomic mass is 9.87. The number of carbonyl (C=O) groups is 1. The van der Waals surface area contributed by atoms with Crippen LogP contribution in [0.25, 0.3) is 5.57 Å².